The Labute approximate surface area is 197 Å². The van der Waals surface area contributed by atoms with Gasteiger partial charge in [0.25, 0.3) is 0 Å². The Kier molecular flexibility index (Phi) is 5.73. The quantitative estimate of drug-likeness (QED) is 0.590. The van der Waals surface area contributed by atoms with Crippen LogP contribution in [0.4, 0.5) is 21.6 Å². The van der Waals surface area contributed by atoms with Gasteiger partial charge >= 0.3 is 0 Å². The molecule has 2 saturated heterocycles. The van der Waals surface area contributed by atoms with Crippen LogP contribution in [0, 0.1) is 18.2 Å². The molecule has 0 unspecified atom stereocenters. The number of anilines is 3. The van der Waals surface area contributed by atoms with Gasteiger partial charge in [-0.3, -0.25) is 4.79 Å². The number of amides is 1. The average Bonchev–Trinajstić information content (AvgIpc) is 3.15. The number of halogens is 1. The van der Waals surface area contributed by atoms with Gasteiger partial charge in [0.05, 0.1) is 25.4 Å². The lowest BCUT2D eigenvalue weighted by Gasteiger charge is -2.33. The van der Waals surface area contributed by atoms with Gasteiger partial charge in [-0.25, -0.2) is 14.4 Å². The van der Waals surface area contributed by atoms with Crippen molar-refractivity contribution < 1.29 is 18.7 Å². The SMILES string of the molecule is COc1cc2ncnc(Nc3ccc(F)c(OC)c3C)c2cc1N1CC2(CCNCC2)CC1=O. The molecule has 2 N–H and O–H groups in total. The summed E-state index contributed by atoms with van der Waals surface area (Å²) in [6.07, 6.45) is 3.96. The zero-order valence-electron chi connectivity index (χ0n) is 19.6. The molecule has 178 valence electrons. The highest BCUT2D eigenvalue weighted by Gasteiger charge is 2.44. The molecular formula is C25H28FN5O3. The number of aromatic nitrogens is 2. The molecule has 3 aromatic rings. The fourth-order valence-corrected chi connectivity index (χ4v) is 5.13. The van der Waals surface area contributed by atoms with Crippen molar-refractivity contribution >= 4 is 34.0 Å². The third-order valence-corrected chi connectivity index (χ3v) is 7.03. The van der Waals surface area contributed by atoms with Crippen LogP contribution in [-0.2, 0) is 4.79 Å². The lowest BCUT2D eigenvalue weighted by atomic mass is 9.78. The number of nitrogens with one attached hydrogen (secondary N) is 2. The molecule has 2 aliphatic heterocycles. The third kappa shape index (κ3) is 3.79. The topological polar surface area (TPSA) is 88.6 Å². The molecule has 2 aliphatic rings. The van der Waals surface area contributed by atoms with Crippen molar-refractivity contribution in [2.75, 3.05) is 44.1 Å². The predicted molar refractivity (Wildman–Crippen MR) is 129 cm³/mol. The van der Waals surface area contributed by atoms with Gasteiger partial charge in [-0.15, -0.1) is 0 Å². The zero-order valence-corrected chi connectivity index (χ0v) is 19.6. The molecule has 1 amide bonds. The van der Waals surface area contributed by atoms with E-state index in [-0.39, 0.29) is 17.1 Å². The van der Waals surface area contributed by atoms with Gasteiger partial charge in [-0.05, 0) is 56.5 Å². The lowest BCUT2D eigenvalue weighted by Crippen LogP contribution is -2.38. The van der Waals surface area contributed by atoms with E-state index in [0.717, 1.165) is 31.3 Å². The van der Waals surface area contributed by atoms with Crippen LogP contribution in [0.25, 0.3) is 10.9 Å². The third-order valence-electron chi connectivity index (χ3n) is 7.03. The first kappa shape index (κ1) is 22.3. The smallest absolute Gasteiger partial charge is 0.227 e. The summed E-state index contributed by atoms with van der Waals surface area (Å²) in [5.41, 5.74) is 2.68. The number of ether oxygens (including phenoxy) is 2. The van der Waals surface area contributed by atoms with Crippen molar-refractivity contribution in [2.45, 2.75) is 26.2 Å². The van der Waals surface area contributed by atoms with Gasteiger partial charge < -0.3 is 25.0 Å². The second kappa shape index (κ2) is 8.72. The fraction of sp³-hybridized carbons (Fsp3) is 0.400. The lowest BCUT2D eigenvalue weighted by molar-refractivity contribution is -0.117. The van der Waals surface area contributed by atoms with E-state index >= 15 is 0 Å². The van der Waals surface area contributed by atoms with E-state index in [1.807, 2.05) is 17.0 Å². The molecule has 0 radical (unpaired) electrons. The van der Waals surface area contributed by atoms with E-state index in [1.165, 1.54) is 19.5 Å². The molecule has 3 heterocycles. The molecule has 0 saturated carbocycles. The highest BCUT2D eigenvalue weighted by atomic mass is 19.1. The van der Waals surface area contributed by atoms with Crippen molar-refractivity contribution in [1.82, 2.24) is 15.3 Å². The molecule has 1 aromatic heterocycles. The number of carbonyl (C=O) groups excluding carboxylic acids is 1. The minimum absolute atomic E-state index is 0.00164. The van der Waals surface area contributed by atoms with Crippen molar-refractivity contribution in [3.8, 4) is 11.5 Å². The number of benzene rings is 2. The van der Waals surface area contributed by atoms with Crippen LogP contribution in [-0.4, -0.2) is 49.7 Å². The van der Waals surface area contributed by atoms with Crippen LogP contribution in [0.5, 0.6) is 11.5 Å². The highest BCUT2D eigenvalue weighted by molar-refractivity contribution is 6.02. The Morgan fingerprint density at radius 3 is 2.68 bits per heavy atom. The zero-order chi connectivity index (χ0) is 23.9. The van der Waals surface area contributed by atoms with Crippen molar-refractivity contribution in [3.05, 3.63) is 42.0 Å². The predicted octanol–water partition coefficient (Wildman–Crippen LogP) is 3.94. The maximum Gasteiger partial charge on any atom is 0.227 e. The molecule has 9 heteroatoms. The summed E-state index contributed by atoms with van der Waals surface area (Å²) in [5.74, 6) is 1.00. The second-order valence-corrected chi connectivity index (χ2v) is 9.05. The van der Waals surface area contributed by atoms with E-state index in [9.17, 15) is 9.18 Å². The number of hydrogen-bond acceptors (Lipinski definition) is 7. The summed E-state index contributed by atoms with van der Waals surface area (Å²) in [4.78, 5) is 23.8. The van der Waals surface area contributed by atoms with Crippen LogP contribution in [0.3, 0.4) is 0 Å². The van der Waals surface area contributed by atoms with E-state index in [0.29, 0.717) is 47.0 Å². The number of fused-ring (bicyclic) bond motifs is 1. The number of rotatable bonds is 5. The van der Waals surface area contributed by atoms with E-state index < -0.39 is 5.82 Å². The molecule has 1 spiro atoms. The Hall–Kier alpha value is -3.46. The molecule has 2 aromatic carbocycles. The number of carbonyl (C=O) groups is 1. The molecule has 0 aliphatic carbocycles. The maximum absolute atomic E-state index is 14.1. The largest absolute Gasteiger partial charge is 0.494 e. The van der Waals surface area contributed by atoms with Crippen LogP contribution < -0.4 is 25.0 Å². The summed E-state index contributed by atoms with van der Waals surface area (Å²) in [6.45, 7) is 4.31. The van der Waals surface area contributed by atoms with Crippen LogP contribution in [0.2, 0.25) is 0 Å². The monoisotopic (exact) mass is 465 g/mol. The van der Waals surface area contributed by atoms with Crippen LogP contribution in [0.1, 0.15) is 24.8 Å². The molecule has 8 nitrogen and oxygen atoms in total. The van der Waals surface area contributed by atoms with E-state index in [4.69, 9.17) is 9.47 Å². The van der Waals surface area contributed by atoms with Gasteiger partial charge in [0.15, 0.2) is 11.6 Å². The number of piperidine rings is 1. The minimum atomic E-state index is -0.426. The van der Waals surface area contributed by atoms with Crippen molar-refractivity contribution in [1.29, 1.82) is 0 Å². The Balaban J connectivity index is 1.56. The van der Waals surface area contributed by atoms with E-state index in [2.05, 4.69) is 20.6 Å². The molecule has 0 bridgehead atoms. The highest BCUT2D eigenvalue weighted by Crippen LogP contribution is 2.45. The summed E-state index contributed by atoms with van der Waals surface area (Å²) in [5, 5.41) is 7.41. The Morgan fingerprint density at radius 1 is 1.15 bits per heavy atom. The Morgan fingerprint density at radius 2 is 1.94 bits per heavy atom. The molecule has 2 fully saturated rings. The van der Waals surface area contributed by atoms with Crippen molar-refractivity contribution in [2.24, 2.45) is 5.41 Å². The number of nitrogens with zero attached hydrogens (tertiary/aromatic N) is 3. The van der Waals surface area contributed by atoms with Gasteiger partial charge in [0.1, 0.15) is 17.9 Å². The molecule has 5 rings (SSSR count). The van der Waals surface area contributed by atoms with Crippen LogP contribution >= 0.6 is 0 Å². The van der Waals surface area contributed by atoms with Crippen LogP contribution in [0.15, 0.2) is 30.6 Å². The van der Waals surface area contributed by atoms with Crippen molar-refractivity contribution in [3.63, 3.8) is 0 Å². The summed E-state index contributed by atoms with van der Waals surface area (Å²) < 4.78 is 25.0. The summed E-state index contributed by atoms with van der Waals surface area (Å²) in [6, 6.07) is 6.74. The first-order chi connectivity index (χ1) is 16.4. The van der Waals surface area contributed by atoms with Gasteiger partial charge in [-0.2, -0.15) is 0 Å². The normalized spacial score (nSPS) is 17.4. The number of methoxy groups -OCH3 is 2. The van der Waals surface area contributed by atoms with Gasteiger partial charge in [0, 0.05) is 35.7 Å². The summed E-state index contributed by atoms with van der Waals surface area (Å²) >= 11 is 0. The number of hydrogen-bond donors (Lipinski definition) is 2. The minimum Gasteiger partial charge on any atom is -0.494 e. The maximum atomic E-state index is 14.1. The first-order valence-electron chi connectivity index (χ1n) is 11.4. The first-order valence-corrected chi connectivity index (χ1v) is 11.4. The standard InChI is InChI=1S/C25H28FN5O3/c1-15-18(5-4-17(26)23(15)34-3)30-24-16-10-20(21(33-2)11-19(16)28-14-29-24)31-13-25(12-22(31)32)6-8-27-9-7-25/h4-5,10-11,14,27H,6-9,12-13H2,1-3H3,(H,28,29,30). The average molecular weight is 466 g/mol. The molecular weight excluding hydrogens is 437 g/mol. The van der Waals surface area contributed by atoms with Gasteiger partial charge in [0.2, 0.25) is 5.91 Å². The molecule has 34 heavy (non-hydrogen) atoms. The second-order valence-electron chi connectivity index (χ2n) is 9.05. The fourth-order valence-electron chi connectivity index (χ4n) is 5.13. The van der Waals surface area contributed by atoms with E-state index in [1.54, 1.807) is 20.1 Å². The Bertz CT molecular complexity index is 1260. The summed E-state index contributed by atoms with van der Waals surface area (Å²) in [7, 11) is 3.04. The molecule has 0 atom stereocenters. The van der Waals surface area contributed by atoms with Gasteiger partial charge in [-0.1, -0.05) is 0 Å².